The number of benzene rings is 2. The molecule has 0 bridgehead atoms. The van der Waals surface area contributed by atoms with E-state index >= 15 is 0 Å². The third-order valence-corrected chi connectivity index (χ3v) is 5.08. The maximum absolute atomic E-state index is 12.2. The Morgan fingerprint density at radius 1 is 1.14 bits per heavy atom. The van der Waals surface area contributed by atoms with E-state index in [0.29, 0.717) is 16.9 Å². The number of hydrogen-bond donors (Lipinski definition) is 2. The lowest BCUT2D eigenvalue weighted by atomic mass is 10.1. The number of carbonyl (C=O) groups is 4. The van der Waals surface area contributed by atoms with Crippen molar-refractivity contribution in [1.82, 2.24) is 0 Å². The Bertz CT molecular complexity index is 973. The van der Waals surface area contributed by atoms with Crippen LogP contribution in [0.5, 0.6) is 0 Å². The lowest BCUT2D eigenvalue weighted by molar-refractivity contribution is -0.139. The number of hydrogen-bond acceptors (Lipinski definition) is 6. The zero-order valence-corrected chi connectivity index (χ0v) is 16.6. The van der Waals surface area contributed by atoms with E-state index in [1.807, 2.05) is 25.1 Å². The van der Waals surface area contributed by atoms with Crippen molar-refractivity contribution in [3.05, 3.63) is 59.2 Å². The summed E-state index contributed by atoms with van der Waals surface area (Å²) in [5.74, 6) is -1.17. The highest BCUT2D eigenvalue weighted by atomic mass is 32.2. The number of amides is 2. The van der Waals surface area contributed by atoms with E-state index in [2.05, 4.69) is 10.6 Å². The number of anilines is 2. The number of aryl methyl sites for hydroxylation is 1. The molecule has 3 rings (SSSR count). The highest BCUT2D eigenvalue weighted by Gasteiger charge is 2.19. The van der Waals surface area contributed by atoms with Crippen LogP contribution in [-0.2, 0) is 25.5 Å². The van der Waals surface area contributed by atoms with Crippen LogP contribution in [-0.4, -0.2) is 41.7 Å². The zero-order chi connectivity index (χ0) is 20.8. The van der Waals surface area contributed by atoms with Gasteiger partial charge < -0.3 is 15.4 Å². The number of ketones is 1. The van der Waals surface area contributed by atoms with Crippen molar-refractivity contribution >= 4 is 46.7 Å². The largest absolute Gasteiger partial charge is 0.457 e. The van der Waals surface area contributed by atoms with Crippen LogP contribution in [0.4, 0.5) is 11.4 Å². The minimum atomic E-state index is -0.565. The topological polar surface area (TPSA) is 102 Å². The first-order valence-corrected chi connectivity index (χ1v) is 10.1. The Morgan fingerprint density at radius 3 is 2.76 bits per heavy atom. The number of Topliss-reactive ketones (excluding diaryl/α,β-unsaturated/α-hetero) is 1. The van der Waals surface area contributed by atoms with Crippen LogP contribution in [0.25, 0.3) is 0 Å². The monoisotopic (exact) mass is 412 g/mol. The van der Waals surface area contributed by atoms with E-state index in [1.54, 1.807) is 24.3 Å². The molecule has 0 radical (unpaired) electrons. The van der Waals surface area contributed by atoms with Crippen LogP contribution in [0.15, 0.2) is 42.5 Å². The summed E-state index contributed by atoms with van der Waals surface area (Å²) in [4.78, 5) is 47.3. The van der Waals surface area contributed by atoms with Gasteiger partial charge in [0.25, 0.3) is 0 Å². The van der Waals surface area contributed by atoms with E-state index in [-0.39, 0.29) is 42.1 Å². The van der Waals surface area contributed by atoms with Crippen LogP contribution in [0.2, 0.25) is 0 Å². The fraction of sp³-hybridized carbons (Fsp3) is 0.238. The minimum absolute atomic E-state index is 0.0306. The van der Waals surface area contributed by atoms with Gasteiger partial charge in [-0.05, 0) is 48.4 Å². The number of thioether (sulfide) groups is 1. The fourth-order valence-corrected chi connectivity index (χ4v) is 3.43. The van der Waals surface area contributed by atoms with E-state index in [9.17, 15) is 19.2 Å². The van der Waals surface area contributed by atoms with Crippen molar-refractivity contribution in [2.24, 2.45) is 0 Å². The van der Waals surface area contributed by atoms with E-state index in [1.165, 1.54) is 0 Å². The Morgan fingerprint density at radius 2 is 1.97 bits per heavy atom. The van der Waals surface area contributed by atoms with Crippen LogP contribution >= 0.6 is 11.8 Å². The smallest absolute Gasteiger partial charge is 0.316 e. The molecule has 2 amide bonds. The number of fused-ring (bicyclic) bond motifs is 1. The molecule has 8 heteroatoms. The second-order valence-corrected chi connectivity index (χ2v) is 7.58. The van der Waals surface area contributed by atoms with Gasteiger partial charge in [-0.25, -0.2) is 0 Å². The third-order valence-electron chi connectivity index (χ3n) is 4.17. The zero-order valence-electron chi connectivity index (χ0n) is 15.8. The van der Waals surface area contributed by atoms with Gasteiger partial charge in [-0.15, -0.1) is 11.8 Å². The molecule has 0 fully saturated rings. The average molecular weight is 412 g/mol. The average Bonchev–Trinajstić information content (AvgIpc) is 3.05. The van der Waals surface area contributed by atoms with Crippen LogP contribution < -0.4 is 10.6 Å². The quantitative estimate of drug-likeness (QED) is 0.510. The molecule has 0 aliphatic carbocycles. The molecule has 2 aromatic rings. The van der Waals surface area contributed by atoms with Crippen molar-refractivity contribution < 1.29 is 23.9 Å². The molecule has 2 aromatic carbocycles. The van der Waals surface area contributed by atoms with Gasteiger partial charge in [0.05, 0.1) is 17.9 Å². The fourth-order valence-electron chi connectivity index (χ4n) is 2.82. The van der Waals surface area contributed by atoms with Crippen molar-refractivity contribution in [3.63, 3.8) is 0 Å². The highest BCUT2D eigenvalue weighted by Crippen LogP contribution is 2.24. The number of esters is 1. The lowest BCUT2D eigenvalue weighted by Gasteiger charge is -2.07. The number of carbonyl (C=O) groups excluding carboxylic acids is 4. The first-order valence-electron chi connectivity index (χ1n) is 8.96. The van der Waals surface area contributed by atoms with Crippen LogP contribution in [0.1, 0.15) is 21.5 Å². The second-order valence-electron chi connectivity index (χ2n) is 6.59. The van der Waals surface area contributed by atoms with Gasteiger partial charge >= 0.3 is 5.97 Å². The second kappa shape index (κ2) is 9.38. The van der Waals surface area contributed by atoms with Gasteiger partial charge in [0.15, 0.2) is 12.4 Å². The van der Waals surface area contributed by atoms with Crippen LogP contribution in [0.3, 0.4) is 0 Å². The summed E-state index contributed by atoms with van der Waals surface area (Å²) >= 11 is 1.11. The molecule has 150 valence electrons. The lowest BCUT2D eigenvalue weighted by Crippen LogP contribution is -2.18. The standard InChI is InChI=1S/C21H20N2O5S/c1-13-3-2-4-16(7-13)22-20(26)11-29-12-21(27)28-10-18(24)14-5-6-17-15(8-14)9-19(25)23-17/h2-8H,9-12H2,1H3,(H,22,26)(H,23,25). The van der Waals surface area contributed by atoms with Crippen LogP contribution in [0, 0.1) is 6.92 Å². The van der Waals surface area contributed by atoms with Crippen molar-refractivity contribution in [1.29, 1.82) is 0 Å². The predicted octanol–water partition coefficient (Wildman–Crippen LogP) is 2.59. The summed E-state index contributed by atoms with van der Waals surface area (Å²) in [7, 11) is 0. The summed E-state index contributed by atoms with van der Waals surface area (Å²) in [6.45, 7) is 1.55. The molecule has 0 saturated carbocycles. The Balaban J connectivity index is 1.37. The molecule has 1 aliphatic heterocycles. The van der Waals surface area contributed by atoms with E-state index in [0.717, 1.165) is 22.9 Å². The molecule has 7 nitrogen and oxygen atoms in total. The summed E-state index contributed by atoms with van der Waals surface area (Å²) in [6.07, 6.45) is 0.234. The van der Waals surface area contributed by atoms with Crippen molar-refractivity contribution in [2.45, 2.75) is 13.3 Å². The summed E-state index contributed by atoms with van der Waals surface area (Å²) in [5, 5.41) is 5.45. The molecule has 2 N–H and O–H groups in total. The summed E-state index contributed by atoms with van der Waals surface area (Å²) in [6, 6.07) is 12.3. The van der Waals surface area contributed by atoms with Gasteiger partial charge in [-0.1, -0.05) is 12.1 Å². The van der Waals surface area contributed by atoms with Gasteiger partial charge in [-0.3, -0.25) is 19.2 Å². The normalized spacial score (nSPS) is 12.1. The molecular weight excluding hydrogens is 392 g/mol. The van der Waals surface area contributed by atoms with E-state index < -0.39 is 5.97 Å². The summed E-state index contributed by atoms with van der Waals surface area (Å²) < 4.78 is 4.99. The maximum atomic E-state index is 12.2. The first kappa shape index (κ1) is 20.6. The number of rotatable bonds is 8. The number of ether oxygens (including phenoxy) is 1. The van der Waals surface area contributed by atoms with Gasteiger partial charge in [-0.2, -0.15) is 0 Å². The van der Waals surface area contributed by atoms with Gasteiger partial charge in [0.2, 0.25) is 11.8 Å². The third kappa shape index (κ3) is 5.92. The summed E-state index contributed by atoms with van der Waals surface area (Å²) in [5.41, 5.74) is 3.58. The van der Waals surface area contributed by atoms with Crippen molar-refractivity contribution in [3.8, 4) is 0 Å². The first-order chi connectivity index (χ1) is 13.9. The molecule has 0 spiro atoms. The van der Waals surface area contributed by atoms with Gasteiger partial charge in [0, 0.05) is 16.9 Å². The van der Waals surface area contributed by atoms with Gasteiger partial charge in [0.1, 0.15) is 0 Å². The van der Waals surface area contributed by atoms with Crippen molar-refractivity contribution in [2.75, 3.05) is 28.7 Å². The molecule has 0 unspecified atom stereocenters. The molecule has 29 heavy (non-hydrogen) atoms. The highest BCUT2D eigenvalue weighted by molar-refractivity contribution is 8.00. The maximum Gasteiger partial charge on any atom is 0.316 e. The number of nitrogens with one attached hydrogen (secondary N) is 2. The molecule has 0 aromatic heterocycles. The molecule has 1 aliphatic rings. The SMILES string of the molecule is Cc1cccc(NC(=O)CSCC(=O)OCC(=O)c2ccc3c(c2)CC(=O)N3)c1. The molecule has 1 heterocycles. The Hall–Kier alpha value is -3.13. The molecule has 0 atom stereocenters. The molecular formula is C21H20N2O5S. The Kier molecular flexibility index (Phi) is 6.66. The minimum Gasteiger partial charge on any atom is -0.457 e. The molecule has 0 saturated heterocycles. The van der Waals surface area contributed by atoms with E-state index in [4.69, 9.17) is 4.74 Å². The predicted molar refractivity (Wildman–Crippen MR) is 111 cm³/mol. The Labute approximate surface area is 172 Å².